The number of carbonyl (C=O) groups is 2. The van der Waals surface area contributed by atoms with Crippen LogP contribution in [0.5, 0.6) is 0 Å². The highest BCUT2D eigenvalue weighted by Crippen LogP contribution is 2.43. The Balaban J connectivity index is 4.40. The van der Waals surface area contributed by atoms with E-state index in [4.69, 9.17) is 18.5 Å². The smallest absolute Gasteiger partial charge is 0.462 e. The summed E-state index contributed by atoms with van der Waals surface area (Å²) in [7, 11) is -2.69. The van der Waals surface area contributed by atoms with Crippen molar-refractivity contribution in [2.24, 2.45) is 0 Å². The minimum atomic E-state index is -4.37. The van der Waals surface area contributed by atoms with Gasteiger partial charge in [0.15, 0.2) is 6.10 Å². The van der Waals surface area contributed by atoms with Gasteiger partial charge in [0.05, 0.1) is 13.2 Å². The summed E-state index contributed by atoms with van der Waals surface area (Å²) >= 11 is 0. The van der Waals surface area contributed by atoms with E-state index >= 15 is 0 Å². The van der Waals surface area contributed by atoms with Gasteiger partial charge in [0.2, 0.25) is 0 Å². The summed E-state index contributed by atoms with van der Waals surface area (Å²) in [5, 5.41) is 2.81. The van der Waals surface area contributed by atoms with E-state index in [9.17, 15) is 19.0 Å². The molecule has 0 aromatic heterocycles. The molecule has 2 atom stereocenters. The van der Waals surface area contributed by atoms with Crippen LogP contribution in [0.15, 0.2) is 85.1 Å². The average molecular weight is 804 g/mol. The maximum atomic E-state index is 12.6. The fourth-order valence-corrected chi connectivity index (χ4v) is 5.96. The zero-order valence-corrected chi connectivity index (χ0v) is 36.2. The van der Waals surface area contributed by atoms with E-state index in [0.717, 1.165) is 64.2 Å². The second-order valence-corrected chi connectivity index (χ2v) is 15.3. The van der Waals surface area contributed by atoms with Gasteiger partial charge in [-0.3, -0.25) is 18.6 Å². The van der Waals surface area contributed by atoms with Gasteiger partial charge in [0.1, 0.15) is 6.61 Å². The van der Waals surface area contributed by atoms with Gasteiger partial charge in [-0.25, -0.2) is 4.57 Å². The lowest BCUT2D eigenvalue weighted by Gasteiger charge is -2.20. The van der Waals surface area contributed by atoms with Crippen molar-refractivity contribution in [3.63, 3.8) is 0 Å². The predicted octanol–water partition coefficient (Wildman–Crippen LogP) is 12.3. The third-order valence-corrected chi connectivity index (χ3v) is 9.49. The van der Waals surface area contributed by atoms with Crippen LogP contribution in [-0.4, -0.2) is 56.3 Å². The molecular formula is C46H78NO8P. The number of phosphoric ester groups is 1. The monoisotopic (exact) mass is 804 g/mol. The molecule has 2 unspecified atom stereocenters. The zero-order valence-electron chi connectivity index (χ0n) is 35.3. The number of likely N-dealkylation sites (N-methyl/N-ethyl adjacent to an activating group) is 1. The Morgan fingerprint density at radius 2 is 1.00 bits per heavy atom. The molecule has 0 saturated carbocycles. The Labute approximate surface area is 341 Å². The summed E-state index contributed by atoms with van der Waals surface area (Å²) in [6, 6.07) is 0. The maximum absolute atomic E-state index is 12.6. The number of esters is 2. The molecule has 0 saturated heterocycles. The van der Waals surface area contributed by atoms with E-state index in [1.165, 1.54) is 51.4 Å². The number of nitrogens with one attached hydrogen (secondary N) is 1. The van der Waals surface area contributed by atoms with Gasteiger partial charge in [-0.2, -0.15) is 0 Å². The molecule has 2 N–H and O–H groups in total. The second kappa shape index (κ2) is 41.8. The Morgan fingerprint density at radius 3 is 1.50 bits per heavy atom. The lowest BCUT2D eigenvalue weighted by molar-refractivity contribution is -0.161. The first-order valence-electron chi connectivity index (χ1n) is 21.5. The number of unbranched alkanes of at least 4 members (excludes halogenated alkanes) is 11. The van der Waals surface area contributed by atoms with Crippen LogP contribution in [0.1, 0.15) is 155 Å². The molecule has 0 bridgehead atoms. The Bertz CT molecular complexity index is 1190. The fourth-order valence-electron chi connectivity index (χ4n) is 5.21. The van der Waals surface area contributed by atoms with Crippen molar-refractivity contribution in [3.8, 4) is 0 Å². The third-order valence-electron chi connectivity index (χ3n) is 8.50. The topological polar surface area (TPSA) is 120 Å². The molecule has 10 heteroatoms. The highest BCUT2D eigenvalue weighted by molar-refractivity contribution is 7.47. The predicted molar refractivity (Wildman–Crippen MR) is 233 cm³/mol. The highest BCUT2D eigenvalue weighted by atomic mass is 31.2. The van der Waals surface area contributed by atoms with Gasteiger partial charge in [0.25, 0.3) is 0 Å². The molecule has 0 aliphatic rings. The van der Waals surface area contributed by atoms with E-state index in [0.29, 0.717) is 19.4 Å². The molecule has 9 nitrogen and oxygen atoms in total. The van der Waals surface area contributed by atoms with Crippen molar-refractivity contribution >= 4 is 19.8 Å². The minimum Gasteiger partial charge on any atom is -0.462 e. The lowest BCUT2D eigenvalue weighted by atomic mass is 10.1. The molecule has 0 aliphatic carbocycles. The summed E-state index contributed by atoms with van der Waals surface area (Å²) in [4.78, 5) is 35.0. The van der Waals surface area contributed by atoms with E-state index in [1.807, 2.05) is 12.2 Å². The Morgan fingerprint density at radius 1 is 0.554 bits per heavy atom. The molecule has 0 aromatic rings. The number of rotatable bonds is 39. The molecule has 0 rings (SSSR count). The standard InChI is InChI=1S/C46H78NO8P/c1-4-6-8-10-12-14-16-18-20-21-22-23-25-26-28-30-32-34-36-38-45(48)52-42-44(43-54-56(50,51)53-41-40-47-3)55-46(49)39-37-35-33-31-29-27-24-19-17-15-13-11-9-7-5-2/h12-15,18-20,22-24,26,28,32,34,44,47H,4-11,16-17,21,25,27,29-31,33,35-43H2,1-3H3,(H,50,51)/b14-12-,15-13-,20-18-,23-22-,24-19-,28-26-,34-32-. The molecular weight excluding hydrogens is 725 g/mol. The van der Waals surface area contributed by atoms with Gasteiger partial charge >= 0.3 is 19.8 Å². The number of ether oxygens (including phenoxy) is 2. The van der Waals surface area contributed by atoms with Gasteiger partial charge in [-0.05, 0) is 90.5 Å². The Hall–Kier alpha value is -2.81. The second-order valence-electron chi connectivity index (χ2n) is 13.8. The highest BCUT2D eigenvalue weighted by Gasteiger charge is 2.26. The first-order chi connectivity index (χ1) is 27.3. The van der Waals surface area contributed by atoms with Crippen LogP contribution in [-0.2, 0) is 32.7 Å². The largest absolute Gasteiger partial charge is 0.472 e. The van der Waals surface area contributed by atoms with Crippen LogP contribution in [0.25, 0.3) is 0 Å². The van der Waals surface area contributed by atoms with Crippen molar-refractivity contribution in [1.29, 1.82) is 0 Å². The average Bonchev–Trinajstić information content (AvgIpc) is 3.18. The van der Waals surface area contributed by atoms with E-state index in [1.54, 1.807) is 7.05 Å². The molecule has 56 heavy (non-hydrogen) atoms. The van der Waals surface area contributed by atoms with Crippen molar-refractivity contribution in [3.05, 3.63) is 85.1 Å². The number of carbonyl (C=O) groups excluding carboxylic acids is 2. The third kappa shape index (κ3) is 40.8. The molecule has 0 heterocycles. The summed E-state index contributed by atoms with van der Waals surface area (Å²) in [6.07, 6.45) is 50.7. The first kappa shape index (κ1) is 53.2. The number of hydrogen-bond donors (Lipinski definition) is 2. The molecule has 0 spiro atoms. The maximum Gasteiger partial charge on any atom is 0.472 e. The summed E-state index contributed by atoms with van der Waals surface area (Å²) in [6.45, 7) is 4.05. The van der Waals surface area contributed by atoms with E-state index in [-0.39, 0.29) is 26.1 Å². The quantitative estimate of drug-likeness (QED) is 0.0271. The zero-order chi connectivity index (χ0) is 41.1. The van der Waals surface area contributed by atoms with Crippen molar-refractivity contribution < 1.29 is 37.6 Å². The van der Waals surface area contributed by atoms with Gasteiger partial charge < -0.3 is 19.7 Å². The van der Waals surface area contributed by atoms with Crippen LogP contribution in [0, 0.1) is 0 Å². The normalized spacial score (nSPS) is 14.1. The molecule has 0 amide bonds. The van der Waals surface area contributed by atoms with Crippen molar-refractivity contribution in [2.75, 3.05) is 33.4 Å². The van der Waals surface area contributed by atoms with Gasteiger partial charge in [-0.1, -0.05) is 144 Å². The van der Waals surface area contributed by atoms with Crippen LogP contribution < -0.4 is 5.32 Å². The first-order valence-corrected chi connectivity index (χ1v) is 23.0. The Kier molecular flexibility index (Phi) is 39.7. The lowest BCUT2D eigenvalue weighted by Crippen LogP contribution is -2.29. The minimum absolute atomic E-state index is 0.0352. The molecule has 0 aromatic carbocycles. The molecule has 0 radical (unpaired) electrons. The summed E-state index contributed by atoms with van der Waals surface area (Å²) < 4.78 is 33.1. The number of phosphoric acid groups is 1. The molecule has 0 aliphatic heterocycles. The van der Waals surface area contributed by atoms with Crippen molar-refractivity contribution in [2.45, 2.75) is 161 Å². The summed E-state index contributed by atoms with van der Waals surface area (Å²) in [5.41, 5.74) is 0. The van der Waals surface area contributed by atoms with Gasteiger partial charge in [-0.15, -0.1) is 0 Å². The summed E-state index contributed by atoms with van der Waals surface area (Å²) in [5.74, 6) is -0.927. The van der Waals surface area contributed by atoms with E-state index < -0.39 is 32.5 Å². The number of hydrogen-bond acceptors (Lipinski definition) is 8. The van der Waals surface area contributed by atoms with E-state index in [2.05, 4.69) is 92.1 Å². The van der Waals surface area contributed by atoms with Crippen LogP contribution >= 0.6 is 7.82 Å². The van der Waals surface area contributed by atoms with Gasteiger partial charge in [0, 0.05) is 19.4 Å². The van der Waals surface area contributed by atoms with Crippen LogP contribution in [0.4, 0.5) is 0 Å². The molecule has 320 valence electrons. The number of allylic oxidation sites excluding steroid dienone is 14. The van der Waals surface area contributed by atoms with Crippen LogP contribution in [0.3, 0.4) is 0 Å². The van der Waals surface area contributed by atoms with Crippen molar-refractivity contribution in [1.82, 2.24) is 5.32 Å². The van der Waals surface area contributed by atoms with Crippen LogP contribution in [0.2, 0.25) is 0 Å². The fraction of sp³-hybridized carbons (Fsp3) is 0.652. The molecule has 0 fully saturated rings. The SMILES string of the molecule is CCCCC/C=C\C/C=C\C/C=C\C/C=C\C/C=C\CCC(=O)OCC(COP(=O)(O)OCCNC)OC(=O)CCCCCCC/C=C\C/C=C\CCCCC.